The third-order valence-electron chi connectivity index (χ3n) is 4.61. The lowest BCUT2D eigenvalue weighted by Gasteiger charge is -2.12. The molecule has 0 amide bonds. The molecule has 0 aliphatic rings. The average Bonchev–Trinajstić information content (AvgIpc) is 3.15. The minimum Gasteiger partial charge on any atom is -0.477 e. The van der Waals surface area contributed by atoms with Crippen molar-refractivity contribution in [1.82, 2.24) is 10.5 Å². The lowest BCUT2D eigenvalue weighted by atomic mass is 9.93. The van der Waals surface area contributed by atoms with Crippen molar-refractivity contribution in [3.8, 4) is 11.1 Å². The Kier molecular flexibility index (Phi) is 5.92. The fourth-order valence-electron chi connectivity index (χ4n) is 3.04. The van der Waals surface area contributed by atoms with Crippen LogP contribution in [0.1, 0.15) is 34.5 Å². The van der Waals surface area contributed by atoms with E-state index in [1.165, 1.54) is 13.1 Å². The molecule has 1 heterocycles. The maximum absolute atomic E-state index is 14.7. The zero-order valence-electron chi connectivity index (χ0n) is 16.2. The first kappa shape index (κ1) is 20.1. The summed E-state index contributed by atoms with van der Waals surface area (Å²) < 4.78 is 19.9. The number of carboxylic acids is 1. The number of nitrogens with zero attached hydrogens (tertiary/aromatic N) is 2. The van der Waals surface area contributed by atoms with Gasteiger partial charge in [0.25, 0.3) is 0 Å². The van der Waals surface area contributed by atoms with Gasteiger partial charge in [-0.25, -0.2) is 9.18 Å². The van der Waals surface area contributed by atoms with Gasteiger partial charge >= 0.3 is 5.97 Å². The smallest absolute Gasteiger partial charge is 0.343 e. The Bertz CT molecular complexity index is 1050. The molecule has 1 unspecified atom stereocenters. The SMILES string of the molecule is CN=C(NC)Nc1onc(C(C)c2ccc(-c3ccccc3)c(F)c2)c1C(=O)O. The van der Waals surface area contributed by atoms with E-state index in [0.29, 0.717) is 17.1 Å². The Hall–Kier alpha value is -3.68. The summed E-state index contributed by atoms with van der Waals surface area (Å²) in [6, 6.07) is 14.0. The predicted molar refractivity (Wildman–Crippen MR) is 109 cm³/mol. The molecule has 0 spiro atoms. The Morgan fingerprint density at radius 2 is 1.97 bits per heavy atom. The third-order valence-corrected chi connectivity index (χ3v) is 4.61. The van der Waals surface area contributed by atoms with Gasteiger partial charge in [-0.15, -0.1) is 0 Å². The van der Waals surface area contributed by atoms with Gasteiger partial charge in [0.05, 0.1) is 0 Å². The van der Waals surface area contributed by atoms with E-state index in [-0.39, 0.29) is 17.1 Å². The van der Waals surface area contributed by atoms with Crippen LogP contribution in [0.2, 0.25) is 0 Å². The Morgan fingerprint density at radius 3 is 2.55 bits per heavy atom. The van der Waals surface area contributed by atoms with Crippen molar-refractivity contribution < 1.29 is 18.8 Å². The quantitative estimate of drug-likeness (QED) is 0.446. The number of aromatic nitrogens is 1. The fraction of sp³-hybridized carbons (Fsp3) is 0.190. The summed E-state index contributed by atoms with van der Waals surface area (Å²) in [4.78, 5) is 15.8. The highest BCUT2D eigenvalue weighted by molar-refractivity contribution is 6.00. The molecule has 7 nitrogen and oxygen atoms in total. The monoisotopic (exact) mass is 396 g/mol. The number of hydrogen-bond acceptors (Lipinski definition) is 4. The number of halogens is 1. The molecule has 0 saturated carbocycles. The Balaban J connectivity index is 1.96. The summed E-state index contributed by atoms with van der Waals surface area (Å²) in [5, 5.41) is 19.1. The van der Waals surface area contributed by atoms with Crippen molar-refractivity contribution in [1.29, 1.82) is 0 Å². The van der Waals surface area contributed by atoms with Crippen LogP contribution in [0, 0.1) is 5.82 Å². The van der Waals surface area contributed by atoms with E-state index < -0.39 is 17.7 Å². The first-order valence-electron chi connectivity index (χ1n) is 8.95. The van der Waals surface area contributed by atoms with Crippen molar-refractivity contribution in [2.45, 2.75) is 12.8 Å². The first-order valence-corrected chi connectivity index (χ1v) is 8.95. The maximum Gasteiger partial charge on any atom is 0.343 e. The number of rotatable bonds is 5. The van der Waals surface area contributed by atoms with E-state index in [9.17, 15) is 14.3 Å². The zero-order valence-corrected chi connectivity index (χ0v) is 16.2. The van der Waals surface area contributed by atoms with Gasteiger partial charge in [-0.1, -0.05) is 54.5 Å². The molecule has 3 rings (SSSR count). The lowest BCUT2D eigenvalue weighted by molar-refractivity contribution is 0.0696. The second kappa shape index (κ2) is 8.55. The Labute approximate surface area is 167 Å². The number of carboxylic acid groups (broad SMARTS) is 1. The minimum atomic E-state index is -1.21. The van der Waals surface area contributed by atoms with Crippen LogP contribution < -0.4 is 10.6 Å². The van der Waals surface area contributed by atoms with Crippen molar-refractivity contribution in [3.63, 3.8) is 0 Å². The molecule has 0 radical (unpaired) electrons. The second-order valence-electron chi connectivity index (χ2n) is 6.35. The summed E-state index contributed by atoms with van der Waals surface area (Å²) in [5.74, 6) is -1.83. The van der Waals surface area contributed by atoms with E-state index >= 15 is 0 Å². The van der Waals surface area contributed by atoms with Gasteiger partial charge in [0.15, 0.2) is 5.96 Å². The summed E-state index contributed by atoms with van der Waals surface area (Å²) in [6.45, 7) is 1.75. The van der Waals surface area contributed by atoms with E-state index in [0.717, 1.165) is 5.56 Å². The number of aromatic carboxylic acids is 1. The van der Waals surface area contributed by atoms with Crippen LogP contribution in [0.25, 0.3) is 11.1 Å². The highest BCUT2D eigenvalue weighted by Gasteiger charge is 2.28. The second-order valence-corrected chi connectivity index (χ2v) is 6.35. The van der Waals surface area contributed by atoms with E-state index in [1.54, 1.807) is 26.1 Å². The van der Waals surface area contributed by atoms with E-state index in [2.05, 4.69) is 20.8 Å². The van der Waals surface area contributed by atoms with Crippen LogP contribution >= 0.6 is 0 Å². The van der Waals surface area contributed by atoms with Crippen LogP contribution in [-0.2, 0) is 0 Å². The first-order chi connectivity index (χ1) is 14.0. The van der Waals surface area contributed by atoms with Crippen molar-refractivity contribution >= 4 is 17.8 Å². The lowest BCUT2D eigenvalue weighted by Crippen LogP contribution is -2.27. The van der Waals surface area contributed by atoms with Crippen molar-refractivity contribution in [2.24, 2.45) is 4.99 Å². The van der Waals surface area contributed by atoms with Gasteiger partial charge < -0.3 is 14.9 Å². The number of anilines is 1. The number of aliphatic imine (C=N–C) groups is 1. The summed E-state index contributed by atoms with van der Waals surface area (Å²) >= 11 is 0. The fourth-order valence-corrected chi connectivity index (χ4v) is 3.04. The number of guanidine groups is 1. The number of nitrogens with one attached hydrogen (secondary N) is 2. The molecular weight excluding hydrogens is 375 g/mol. The topological polar surface area (TPSA) is 99.8 Å². The van der Waals surface area contributed by atoms with E-state index in [1.807, 2.05) is 30.3 Å². The van der Waals surface area contributed by atoms with Crippen molar-refractivity contribution in [2.75, 3.05) is 19.4 Å². The maximum atomic E-state index is 14.7. The molecule has 0 saturated heterocycles. The highest BCUT2D eigenvalue weighted by atomic mass is 19.1. The standard InChI is InChI=1S/C21H21FN4O3/c1-12(14-9-10-15(16(22)11-14)13-7-5-4-6-8-13)18-17(20(27)28)19(29-26-18)25-21(23-2)24-3/h4-12H,1-3H3,(H,27,28)(H2,23,24,25). The van der Waals surface area contributed by atoms with E-state index in [4.69, 9.17) is 4.52 Å². The molecule has 1 atom stereocenters. The van der Waals surface area contributed by atoms with Crippen molar-refractivity contribution in [3.05, 3.63) is 71.2 Å². The number of hydrogen-bond donors (Lipinski definition) is 3. The summed E-state index contributed by atoms with van der Waals surface area (Å²) in [7, 11) is 3.17. The van der Waals surface area contributed by atoms with Gasteiger partial charge in [0, 0.05) is 25.6 Å². The molecule has 150 valence electrons. The third kappa shape index (κ3) is 4.11. The summed E-state index contributed by atoms with van der Waals surface area (Å²) in [6.07, 6.45) is 0. The molecule has 8 heteroatoms. The van der Waals surface area contributed by atoms with Gasteiger partial charge in [0.1, 0.15) is 17.1 Å². The summed E-state index contributed by atoms with van der Waals surface area (Å²) in [5.41, 5.74) is 1.89. The van der Waals surface area contributed by atoms with Crippen LogP contribution in [0.3, 0.4) is 0 Å². The van der Waals surface area contributed by atoms with Crippen LogP contribution in [-0.4, -0.2) is 36.3 Å². The largest absolute Gasteiger partial charge is 0.477 e. The van der Waals surface area contributed by atoms with Gasteiger partial charge in [-0.05, 0) is 17.2 Å². The minimum absolute atomic E-state index is 0.0457. The highest BCUT2D eigenvalue weighted by Crippen LogP contribution is 2.33. The van der Waals surface area contributed by atoms with Gasteiger partial charge in [-0.2, -0.15) is 0 Å². The average molecular weight is 396 g/mol. The number of carbonyl (C=O) groups is 1. The molecule has 1 aromatic heterocycles. The van der Waals surface area contributed by atoms with Gasteiger partial charge in [-0.3, -0.25) is 10.3 Å². The van der Waals surface area contributed by atoms with Crippen LogP contribution in [0.4, 0.5) is 10.3 Å². The molecule has 29 heavy (non-hydrogen) atoms. The molecule has 3 N–H and O–H groups in total. The van der Waals surface area contributed by atoms with Crippen LogP contribution in [0.15, 0.2) is 58.0 Å². The van der Waals surface area contributed by atoms with Crippen LogP contribution in [0.5, 0.6) is 0 Å². The molecule has 0 fully saturated rings. The molecule has 0 bridgehead atoms. The molecule has 3 aromatic rings. The normalized spacial score (nSPS) is 12.5. The van der Waals surface area contributed by atoms with Gasteiger partial charge in [0.2, 0.25) is 5.88 Å². The number of benzene rings is 2. The molecule has 2 aromatic carbocycles. The molecule has 0 aliphatic heterocycles. The zero-order chi connectivity index (χ0) is 21.0. The molecule has 0 aliphatic carbocycles. The Morgan fingerprint density at radius 1 is 1.24 bits per heavy atom. The predicted octanol–water partition coefficient (Wildman–Crippen LogP) is 3.95. The molecular formula is C21H21FN4O3.